The van der Waals surface area contributed by atoms with Gasteiger partial charge in [-0.25, -0.2) is 0 Å². The molecule has 1 N–H and O–H groups in total. The Hall–Kier alpha value is -2.12. The zero-order valence-electron chi connectivity index (χ0n) is 13.0. The Morgan fingerprint density at radius 3 is 1.59 bits per heavy atom. The lowest BCUT2D eigenvalue weighted by atomic mass is 9.76. The van der Waals surface area contributed by atoms with Crippen LogP contribution in [-0.2, 0) is 0 Å². The average molecular weight is 290 g/mol. The molecule has 1 aliphatic carbocycles. The van der Waals surface area contributed by atoms with E-state index in [0.717, 1.165) is 41.5 Å². The molecule has 1 nitrogen and oxygen atoms in total. The zero-order valence-corrected chi connectivity index (χ0v) is 13.0. The van der Waals surface area contributed by atoms with Crippen LogP contribution in [0.1, 0.15) is 37.3 Å². The van der Waals surface area contributed by atoms with Crippen molar-refractivity contribution in [1.29, 1.82) is 0 Å². The first-order valence-corrected chi connectivity index (χ1v) is 7.91. The van der Waals surface area contributed by atoms with E-state index >= 15 is 0 Å². The Labute approximate surface area is 132 Å². The minimum Gasteiger partial charge on any atom is -0.381 e. The van der Waals surface area contributed by atoms with E-state index in [-0.39, 0.29) is 0 Å². The first kappa shape index (κ1) is 14.8. The normalized spacial score (nSPS) is 25.5. The summed E-state index contributed by atoms with van der Waals surface area (Å²) < 4.78 is 0. The Morgan fingerprint density at radius 2 is 1.18 bits per heavy atom. The van der Waals surface area contributed by atoms with Gasteiger partial charge in [-0.3, -0.25) is 0 Å². The standard InChI is InChI=1S/C21H22O/c1-21(22)19(15-17-9-4-2-5-10-17)13-8-14-20(21)16-18-11-6-3-7-12-18/h2-7,9-12,15-16,22H,8,13-14H2,1H3. The largest absolute Gasteiger partial charge is 0.381 e. The van der Waals surface area contributed by atoms with Gasteiger partial charge in [0.05, 0.1) is 0 Å². The van der Waals surface area contributed by atoms with Gasteiger partial charge < -0.3 is 5.11 Å². The highest BCUT2D eigenvalue weighted by Crippen LogP contribution is 2.39. The molecule has 0 radical (unpaired) electrons. The van der Waals surface area contributed by atoms with E-state index in [9.17, 15) is 5.11 Å². The molecular weight excluding hydrogens is 268 g/mol. The third kappa shape index (κ3) is 3.20. The van der Waals surface area contributed by atoms with E-state index in [2.05, 4.69) is 36.4 Å². The molecule has 2 aromatic carbocycles. The van der Waals surface area contributed by atoms with Crippen LogP contribution in [-0.4, -0.2) is 10.7 Å². The van der Waals surface area contributed by atoms with E-state index < -0.39 is 5.60 Å². The van der Waals surface area contributed by atoms with Crippen LogP contribution in [0.4, 0.5) is 0 Å². The van der Waals surface area contributed by atoms with Crippen LogP contribution >= 0.6 is 0 Å². The SMILES string of the molecule is CC1(O)C(=Cc2ccccc2)CCCC1=Cc1ccccc1. The van der Waals surface area contributed by atoms with E-state index in [1.54, 1.807) is 0 Å². The van der Waals surface area contributed by atoms with Gasteiger partial charge in [0.15, 0.2) is 0 Å². The summed E-state index contributed by atoms with van der Waals surface area (Å²) in [5, 5.41) is 11.1. The number of hydrogen-bond acceptors (Lipinski definition) is 1. The molecule has 22 heavy (non-hydrogen) atoms. The molecule has 1 saturated carbocycles. The lowest BCUT2D eigenvalue weighted by Crippen LogP contribution is -2.32. The van der Waals surface area contributed by atoms with Crippen molar-refractivity contribution in [3.8, 4) is 0 Å². The van der Waals surface area contributed by atoms with Crippen LogP contribution in [0.2, 0.25) is 0 Å². The van der Waals surface area contributed by atoms with E-state index in [1.807, 2.05) is 43.3 Å². The quantitative estimate of drug-likeness (QED) is 0.817. The Morgan fingerprint density at radius 1 is 0.773 bits per heavy atom. The zero-order chi connectivity index (χ0) is 15.4. The van der Waals surface area contributed by atoms with Crippen molar-refractivity contribution in [3.63, 3.8) is 0 Å². The van der Waals surface area contributed by atoms with Gasteiger partial charge in [-0.05, 0) is 48.5 Å². The molecule has 2 aromatic rings. The Balaban J connectivity index is 1.95. The molecule has 1 fully saturated rings. The van der Waals surface area contributed by atoms with Crippen LogP contribution in [0.25, 0.3) is 12.2 Å². The van der Waals surface area contributed by atoms with Crippen molar-refractivity contribution in [2.75, 3.05) is 0 Å². The van der Waals surface area contributed by atoms with Gasteiger partial charge in [0.25, 0.3) is 0 Å². The van der Waals surface area contributed by atoms with Crippen LogP contribution in [0, 0.1) is 0 Å². The highest BCUT2D eigenvalue weighted by atomic mass is 16.3. The maximum Gasteiger partial charge on any atom is 0.104 e. The fourth-order valence-corrected chi connectivity index (χ4v) is 3.09. The van der Waals surface area contributed by atoms with Crippen molar-refractivity contribution < 1.29 is 5.11 Å². The summed E-state index contributed by atoms with van der Waals surface area (Å²) in [4.78, 5) is 0. The molecule has 0 spiro atoms. The predicted molar refractivity (Wildman–Crippen MR) is 93.3 cm³/mol. The smallest absolute Gasteiger partial charge is 0.104 e. The summed E-state index contributed by atoms with van der Waals surface area (Å²) in [6.07, 6.45) is 7.27. The number of aliphatic hydroxyl groups is 1. The molecule has 0 aliphatic heterocycles. The van der Waals surface area contributed by atoms with E-state index in [4.69, 9.17) is 0 Å². The molecular formula is C21H22O. The van der Waals surface area contributed by atoms with E-state index in [0.29, 0.717) is 0 Å². The molecule has 0 saturated heterocycles. The number of rotatable bonds is 2. The molecule has 112 valence electrons. The van der Waals surface area contributed by atoms with Gasteiger partial charge in [-0.2, -0.15) is 0 Å². The third-order valence-electron chi connectivity index (χ3n) is 4.42. The number of hydrogen-bond donors (Lipinski definition) is 1. The van der Waals surface area contributed by atoms with Gasteiger partial charge in [0, 0.05) is 0 Å². The van der Waals surface area contributed by atoms with Gasteiger partial charge in [0.1, 0.15) is 5.60 Å². The third-order valence-corrected chi connectivity index (χ3v) is 4.42. The summed E-state index contributed by atoms with van der Waals surface area (Å²) >= 11 is 0. The molecule has 1 heteroatoms. The first-order valence-electron chi connectivity index (χ1n) is 7.91. The summed E-state index contributed by atoms with van der Waals surface area (Å²) in [5.41, 5.74) is 3.65. The van der Waals surface area contributed by atoms with Gasteiger partial charge in [-0.15, -0.1) is 0 Å². The Bertz CT molecular complexity index is 619. The number of benzene rings is 2. The molecule has 3 rings (SSSR count). The second kappa shape index (κ2) is 6.33. The maximum absolute atomic E-state index is 11.1. The lowest BCUT2D eigenvalue weighted by molar-refractivity contribution is 0.123. The molecule has 0 aromatic heterocycles. The molecule has 0 heterocycles. The highest BCUT2D eigenvalue weighted by molar-refractivity contribution is 5.63. The lowest BCUT2D eigenvalue weighted by Gasteiger charge is -2.35. The predicted octanol–water partition coefficient (Wildman–Crippen LogP) is 5.09. The first-order chi connectivity index (χ1) is 10.7. The van der Waals surface area contributed by atoms with Crippen molar-refractivity contribution in [2.24, 2.45) is 0 Å². The molecule has 0 atom stereocenters. The second-order valence-corrected chi connectivity index (χ2v) is 6.09. The van der Waals surface area contributed by atoms with Crippen molar-refractivity contribution in [3.05, 3.63) is 82.9 Å². The van der Waals surface area contributed by atoms with Crippen molar-refractivity contribution in [2.45, 2.75) is 31.8 Å². The van der Waals surface area contributed by atoms with Gasteiger partial charge in [0.2, 0.25) is 0 Å². The van der Waals surface area contributed by atoms with Crippen molar-refractivity contribution >= 4 is 12.2 Å². The van der Waals surface area contributed by atoms with Crippen LogP contribution in [0.5, 0.6) is 0 Å². The maximum atomic E-state index is 11.1. The fraction of sp³-hybridized carbons (Fsp3) is 0.238. The fourth-order valence-electron chi connectivity index (χ4n) is 3.09. The minimum absolute atomic E-state index is 0.857. The molecule has 0 unspecified atom stereocenters. The summed E-state index contributed by atoms with van der Waals surface area (Å²) in [5.74, 6) is 0. The molecule has 1 aliphatic rings. The average Bonchev–Trinajstić information content (AvgIpc) is 2.53. The summed E-state index contributed by atoms with van der Waals surface area (Å²) in [7, 11) is 0. The topological polar surface area (TPSA) is 20.2 Å². The second-order valence-electron chi connectivity index (χ2n) is 6.09. The van der Waals surface area contributed by atoms with Gasteiger partial charge in [-0.1, -0.05) is 72.8 Å². The molecule has 0 bridgehead atoms. The monoisotopic (exact) mass is 290 g/mol. The van der Waals surface area contributed by atoms with Crippen LogP contribution in [0.3, 0.4) is 0 Å². The Kier molecular flexibility index (Phi) is 4.26. The molecule has 0 amide bonds. The van der Waals surface area contributed by atoms with Gasteiger partial charge >= 0.3 is 0 Å². The highest BCUT2D eigenvalue weighted by Gasteiger charge is 2.33. The van der Waals surface area contributed by atoms with Crippen molar-refractivity contribution in [1.82, 2.24) is 0 Å². The minimum atomic E-state index is -0.857. The van der Waals surface area contributed by atoms with Crippen LogP contribution < -0.4 is 0 Å². The van der Waals surface area contributed by atoms with E-state index in [1.165, 1.54) is 0 Å². The summed E-state index contributed by atoms with van der Waals surface area (Å²) in [6, 6.07) is 20.5. The van der Waals surface area contributed by atoms with Crippen LogP contribution in [0.15, 0.2) is 71.8 Å². The summed E-state index contributed by atoms with van der Waals surface area (Å²) in [6.45, 7) is 1.93.